The van der Waals surface area contributed by atoms with Gasteiger partial charge >= 0.3 is 0 Å². The lowest BCUT2D eigenvalue weighted by molar-refractivity contribution is 0.190. The molecule has 1 N–H and O–H groups in total. The molecular formula is C20H23N3OS. The maximum absolute atomic E-state index is 5.41. The van der Waals surface area contributed by atoms with Gasteiger partial charge in [-0.25, -0.2) is 0 Å². The summed E-state index contributed by atoms with van der Waals surface area (Å²) in [5, 5.41) is 7.44. The highest BCUT2D eigenvalue weighted by atomic mass is 32.1. The Kier molecular flexibility index (Phi) is 6.14. The number of methoxy groups -OCH3 is 1. The lowest BCUT2D eigenvalue weighted by Gasteiger charge is -2.18. The summed E-state index contributed by atoms with van der Waals surface area (Å²) >= 11 is 5.41. The molecule has 0 aliphatic rings. The highest BCUT2D eigenvalue weighted by Gasteiger charge is 2.18. The molecule has 0 saturated carbocycles. The van der Waals surface area contributed by atoms with Crippen LogP contribution in [0.15, 0.2) is 60.7 Å². The molecule has 2 aromatic carbocycles. The Morgan fingerprint density at radius 3 is 2.20 bits per heavy atom. The molecule has 0 amide bonds. The largest absolute Gasteiger partial charge is 0.385 e. The number of nitrogens with one attached hydrogen (secondary N) is 1. The zero-order valence-corrected chi connectivity index (χ0v) is 15.2. The molecule has 5 heteroatoms. The van der Waals surface area contributed by atoms with Crippen LogP contribution in [0.1, 0.15) is 29.3 Å². The Morgan fingerprint density at radius 2 is 1.64 bits per heavy atom. The lowest BCUT2D eigenvalue weighted by Crippen LogP contribution is -2.12. The fourth-order valence-corrected chi connectivity index (χ4v) is 3.33. The molecule has 0 spiro atoms. The van der Waals surface area contributed by atoms with Crippen LogP contribution in [0.2, 0.25) is 0 Å². The van der Waals surface area contributed by atoms with Gasteiger partial charge in [0.25, 0.3) is 0 Å². The molecule has 0 unspecified atom stereocenters. The summed E-state index contributed by atoms with van der Waals surface area (Å²) in [6, 6.07) is 21.1. The van der Waals surface area contributed by atoms with Gasteiger partial charge in [-0.05, 0) is 29.8 Å². The van der Waals surface area contributed by atoms with Crippen molar-refractivity contribution in [3.63, 3.8) is 0 Å². The van der Waals surface area contributed by atoms with Gasteiger partial charge in [-0.15, -0.1) is 0 Å². The van der Waals surface area contributed by atoms with E-state index in [4.69, 9.17) is 17.0 Å². The van der Waals surface area contributed by atoms with E-state index in [9.17, 15) is 0 Å². The van der Waals surface area contributed by atoms with E-state index in [2.05, 4.69) is 63.3 Å². The second kappa shape index (κ2) is 8.74. The molecule has 0 aliphatic carbocycles. The van der Waals surface area contributed by atoms with E-state index in [-0.39, 0.29) is 5.92 Å². The maximum Gasteiger partial charge on any atom is 0.195 e. The third kappa shape index (κ3) is 4.44. The van der Waals surface area contributed by atoms with Gasteiger partial charge in [-0.1, -0.05) is 60.7 Å². The van der Waals surface area contributed by atoms with Crippen molar-refractivity contribution in [2.45, 2.75) is 25.3 Å². The van der Waals surface area contributed by atoms with Crippen molar-refractivity contribution in [2.75, 3.05) is 13.7 Å². The van der Waals surface area contributed by atoms with Crippen molar-refractivity contribution < 1.29 is 4.74 Å². The second-order valence-electron chi connectivity index (χ2n) is 6.02. The number of aromatic amines is 1. The minimum atomic E-state index is 0.244. The Morgan fingerprint density at radius 1 is 1.04 bits per heavy atom. The summed E-state index contributed by atoms with van der Waals surface area (Å²) in [5.41, 5.74) is 2.57. The smallest absolute Gasteiger partial charge is 0.195 e. The minimum Gasteiger partial charge on any atom is -0.385 e. The highest BCUT2D eigenvalue weighted by molar-refractivity contribution is 7.71. The van der Waals surface area contributed by atoms with E-state index in [0.717, 1.165) is 25.2 Å². The number of H-pyrrole nitrogens is 1. The van der Waals surface area contributed by atoms with E-state index in [1.54, 1.807) is 7.11 Å². The van der Waals surface area contributed by atoms with Crippen molar-refractivity contribution in [1.82, 2.24) is 14.8 Å². The van der Waals surface area contributed by atoms with Gasteiger partial charge in [0.15, 0.2) is 4.77 Å². The van der Waals surface area contributed by atoms with Gasteiger partial charge in [-0.2, -0.15) is 5.10 Å². The predicted octanol–water partition coefficient (Wildman–Crippen LogP) is 4.35. The number of aromatic nitrogens is 3. The van der Waals surface area contributed by atoms with Gasteiger partial charge in [-0.3, -0.25) is 5.10 Å². The van der Waals surface area contributed by atoms with Crippen LogP contribution in [0, 0.1) is 4.77 Å². The van der Waals surface area contributed by atoms with Crippen LogP contribution in [-0.2, 0) is 17.7 Å². The van der Waals surface area contributed by atoms with Crippen LogP contribution in [0.5, 0.6) is 0 Å². The molecule has 0 saturated heterocycles. The van der Waals surface area contributed by atoms with Gasteiger partial charge in [0, 0.05) is 32.6 Å². The Labute approximate surface area is 153 Å². The molecule has 0 atom stereocenters. The summed E-state index contributed by atoms with van der Waals surface area (Å²) < 4.78 is 7.92. The van der Waals surface area contributed by atoms with Crippen molar-refractivity contribution in [3.8, 4) is 0 Å². The minimum absolute atomic E-state index is 0.244. The molecule has 0 fully saturated rings. The SMILES string of the molecule is COCCCn1c(CC(c2ccccc2)c2ccccc2)n[nH]c1=S. The average molecular weight is 353 g/mol. The number of ether oxygens (including phenoxy) is 1. The number of rotatable bonds is 8. The van der Waals surface area contributed by atoms with Crippen LogP contribution >= 0.6 is 12.2 Å². The molecule has 130 valence electrons. The summed E-state index contributed by atoms with van der Waals surface area (Å²) in [4.78, 5) is 0. The normalized spacial score (nSPS) is 11.1. The number of hydrogen-bond acceptors (Lipinski definition) is 3. The molecule has 0 bridgehead atoms. The standard InChI is InChI=1S/C20H23N3OS/c1-24-14-8-13-23-19(21-22-20(23)25)15-18(16-9-4-2-5-10-16)17-11-6-3-7-12-17/h2-7,9-12,18H,8,13-15H2,1H3,(H,22,25). The fraction of sp³-hybridized carbons (Fsp3) is 0.300. The van der Waals surface area contributed by atoms with Crippen LogP contribution < -0.4 is 0 Å². The Hall–Kier alpha value is -2.24. The highest BCUT2D eigenvalue weighted by Crippen LogP contribution is 2.28. The van der Waals surface area contributed by atoms with Gasteiger partial charge in [0.05, 0.1) is 0 Å². The maximum atomic E-state index is 5.41. The number of nitrogens with zero attached hydrogens (tertiary/aromatic N) is 2. The lowest BCUT2D eigenvalue weighted by atomic mass is 9.88. The van der Waals surface area contributed by atoms with Crippen molar-refractivity contribution >= 4 is 12.2 Å². The first-order valence-electron chi connectivity index (χ1n) is 8.52. The number of hydrogen-bond donors (Lipinski definition) is 1. The molecule has 3 rings (SSSR count). The quantitative estimate of drug-likeness (QED) is 0.483. The van der Waals surface area contributed by atoms with Crippen molar-refractivity contribution in [2.24, 2.45) is 0 Å². The third-order valence-electron chi connectivity index (χ3n) is 4.36. The zero-order chi connectivity index (χ0) is 17.5. The third-order valence-corrected chi connectivity index (χ3v) is 4.67. The topological polar surface area (TPSA) is 42.8 Å². The van der Waals surface area contributed by atoms with Crippen LogP contribution in [0.4, 0.5) is 0 Å². The first-order chi connectivity index (χ1) is 12.3. The van der Waals surface area contributed by atoms with Crippen molar-refractivity contribution in [3.05, 3.63) is 82.4 Å². The summed E-state index contributed by atoms with van der Waals surface area (Å²) in [5.74, 6) is 1.23. The summed E-state index contributed by atoms with van der Waals surface area (Å²) in [6.45, 7) is 1.53. The van der Waals surface area contributed by atoms with E-state index in [0.29, 0.717) is 11.4 Å². The predicted molar refractivity (Wildman–Crippen MR) is 102 cm³/mol. The molecule has 0 radical (unpaired) electrons. The Balaban J connectivity index is 1.90. The first kappa shape index (κ1) is 17.6. The molecule has 4 nitrogen and oxygen atoms in total. The molecular weight excluding hydrogens is 330 g/mol. The van der Waals surface area contributed by atoms with Crippen molar-refractivity contribution in [1.29, 1.82) is 0 Å². The van der Waals surface area contributed by atoms with Crippen LogP contribution in [0.3, 0.4) is 0 Å². The molecule has 0 aliphatic heterocycles. The molecule has 3 aromatic rings. The Bertz CT molecular complexity index is 787. The molecule has 1 aromatic heterocycles. The monoisotopic (exact) mass is 353 g/mol. The van der Waals surface area contributed by atoms with Crippen LogP contribution in [0.25, 0.3) is 0 Å². The second-order valence-corrected chi connectivity index (χ2v) is 6.41. The summed E-state index contributed by atoms with van der Waals surface area (Å²) in [6.07, 6.45) is 1.72. The fourth-order valence-electron chi connectivity index (χ4n) is 3.09. The van der Waals surface area contributed by atoms with E-state index < -0.39 is 0 Å². The average Bonchev–Trinajstić information content (AvgIpc) is 3.01. The van der Waals surface area contributed by atoms with Gasteiger partial charge in [0.1, 0.15) is 5.82 Å². The first-order valence-corrected chi connectivity index (χ1v) is 8.93. The van der Waals surface area contributed by atoms with E-state index in [1.807, 2.05) is 12.1 Å². The van der Waals surface area contributed by atoms with Gasteiger partial charge in [0.2, 0.25) is 0 Å². The van der Waals surface area contributed by atoms with E-state index in [1.165, 1.54) is 11.1 Å². The molecule has 25 heavy (non-hydrogen) atoms. The molecule has 1 heterocycles. The van der Waals surface area contributed by atoms with Crippen LogP contribution in [-0.4, -0.2) is 28.5 Å². The van der Waals surface area contributed by atoms with Gasteiger partial charge < -0.3 is 9.30 Å². The zero-order valence-electron chi connectivity index (χ0n) is 14.4. The number of benzene rings is 2. The van der Waals surface area contributed by atoms with E-state index >= 15 is 0 Å². The summed E-state index contributed by atoms with van der Waals surface area (Å²) in [7, 11) is 1.72.